The van der Waals surface area contributed by atoms with Crippen LogP contribution >= 0.6 is 0 Å². The van der Waals surface area contributed by atoms with Gasteiger partial charge in [0.15, 0.2) is 0 Å². The third-order valence-corrected chi connectivity index (χ3v) is 8.95. The van der Waals surface area contributed by atoms with Gasteiger partial charge in [0, 0.05) is 12.4 Å². The Morgan fingerprint density at radius 3 is 1.77 bits per heavy atom. The van der Waals surface area contributed by atoms with Gasteiger partial charge >= 0.3 is 0 Å². The summed E-state index contributed by atoms with van der Waals surface area (Å²) in [4.78, 5) is 4.20. The molecule has 0 atom stereocenters. The molecule has 1 aliphatic carbocycles. The van der Waals surface area contributed by atoms with E-state index in [1.54, 1.807) is 0 Å². The number of nitrogens with zero attached hydrogens (tertiary/aromatic N) is 1. The lowest BCUT2D eigenvalue weighted by molar-refractivity contribution is 1.05. The zero-order chi connectivity index (χ0) is 28.8. The molecule has 7 aromatic rings. The maximum Gasteiger partial charge on any atom is 0.0273 e. The monoisotopic (exact) mass is 549 g/mol. The largest absolute Gasteiger partial charge is 0.265 e. The van der Waals surface area contributed by atoms with Crippen LogP contribution in [-0.2, 0) is 0 Å². The predicted octanol–water partition coefficient (Wildman–Crippen LogP) is 11.4. The minimum atomic E-state index is 1.05. The highest BCUT2D eigenvalue weighted by Gasteiger charge is 2.18. The zero-order valence-electron chi connectivity index (χ0n) is 24.2. The molecular formula is C42H31N. The summed E-state index contributed by atoms with van der Waals surface area (Å²) >= 11 is 0. The first-order valence-electron chi connectivity index (χ1n) is 15.1. The van der Waals surface area contributed by atoms with E-state index in [2.05, 4.69) is 145 Å². The van der Waals surface area contributed by atoms with Crippen molar-refractivity contribution in [3.63, 3.8) is 0 Å². The SMILES string of the molecule is Cc1cc(-c2c3ccccc3c(-c3ccc4ccccc4c3)c3ccccc23)ccc1C1=CC(c2ccncc2)=CCC1. The lowest BCUT2D eigenvalue weighted by Gasteiger charge is -2.20. The van der Waals surface area contributed by atoms with Crippen molar-refractivity contribution < 1.29 is 0 Å². The van der Waals surface area contributed by atoms with Crippen molar-refractivity contribution in [1.29, 1.82) is 0 Å². The van der Waals surface area contributed by atoms with Crippen molar-refractivity contribution in [2.24, 2.45) is 0 Å². The maximum absolute atomic E-state index is 4.20. The van der Waals surface area contributed by atoms with E-state index < -0.39 is 0 Å². The van der Waals surface area contributed by atoms with E-state index in [1.165, 1.54) is 82.4 Å². The van der Waals surface area contributed by atoms with Crippen LogP contribution in [0.2, 0.25) is 0 Å². The summed E-state index contributed by atoms with van der Waals surface area (Å²) in [6.07, 6.45) is 10.6. The van der Waals surface area contributed by atoms with E-state index in [0.29, 0.717) is 0 Å². The van der Waals surface area contributed by atoms with Crippen LogP contribution in [0.15, 0.2) is 146 Å². The second-order valence-electron chi connectivity index (χ2n) is 11.5. The van der Waals surface area contributed by atoms with Crippen LogP contribution in [0.3, 0.4) is 0 Å². The van der Waals surface area contributed by atoms with E-state index in [1.807, 2.05) is 12.4 Å². The molecule has 0 spiro atoms. The normalized spacial score (nSPS) is 13.3. The molecule has 1 nitrogen and oxygen atoms in total. The van der Waals surface area contributed by atoms with Gasteiger partial charge in [0.1, 0.15) is 0 Å². The Balaban J connectivity index is 1.30. The summed E-state index contributed by atoms with van der Waals surface area (Å²) in [6, 6.07) is 44.6. The van der Waals surface area contributed by atoms with Crippen molar-refractivity contribution in [2.45, 2.75) is 19.8 Å². The molecule has 6 aromatic carbocycles. The average molecular weight is 550 g/mol. The summed E-state index contributed by atoms with van der Waals surface area (Å²) < 4.78 is 0. The summed E-state index contributed by atoms with van der Waals surface area (Å²) in [5.74, 6) is 0. The van der Waals surface area contributed by atoms with Crippen LogP contribution in [0.1, 0.15) is 29.5 Å². The van der Waals surface area contributed by atoms with Crippen LogP contribution in [0.5, 0.6) is 0 Å². The Morgan fingerprint density at radius 2 is 1.12 bits per heavy atom. The quantitative estimate of drug-likeness (QED) is 0.199. The molecule has 0 bridgehead atoms. The molecule has 1 heteroatoms. The number of allylic oxidation sites excluding steroid dienone is 4. The van der Waals surface area contributed by atoms with Gasteiger partial charge in [-0.25, -0.2) is 0 Å². The molecular weight excluding hydrogens is 518 g/mol. The Kier molecular flexibility index (Phi) is 6.23. The van der Waals surface area contributed by atoms with E-state index in [-0.39, 0.29) is 0 Å². The predicted molar refractivity (Wildman–Crippen MR) is 184 cm³/mol. The number of aromatic nitrogens is 1. The highest BCUT2D eigenvalue weighted by Crippen LogP contribution is 2.45. The van der Waals surface area contributed by atoms with Crippen molar-refractivity contribution in [3.05, 3.63) is 163 Å². The summed E-state index contributed by atoms with van der Waals surface area (Å²) in [5, 5.41) is 7.68. The van der Waals surface area contributed by atoms with Gasteiger partial charge < -0.3 is 0 Å². The number of aryl methyl sites for hydroxylation is 1. The first-order chi connectivity index (χ1) is 21.2. The van der Waals surface area contributed by atoms with Gasteiger partial charge in [-0.2, -0.15) is 0 Å². The van der Waals surface area contributed by atoms with Crippen LogP contribution < -0.4 is 0 Å². The van der Waals surface area contributed by atoms with Gasteiger partial charge in [0.25, 0.3) is 0 Å². The van der Waals surface area contributed by atoms with E-state index in [4.69, 9.17) is 0 Å². The average Bonchev–Trinajstić information content (AvgIpc) is 3.07. The summed E-state index contributed by atoms with van der Waals surface area (Å²) in [6.45, 7) is 2.26. The number of pyridine rings is 1. The molecule has 1 heterocycles. The fourth-order valence-corrected chi connectivity index (χ4v) is 6.93. The third kappa shape index (κ3) is 4.45. The third-order valence-electron chi connectivity index (χ3n) is 8.95. The fourth-order valence-electron chi connectivity index (χ4n) is 6.93. The molecule has 0 radical (unpaired) electrons. The number of rotatable bonds is 4. The van der Waals surface area contributed by atoms with Gasteiger partial charge in [0.2, 0.25) is 0 Å². The lowest BCUT2D eigenvalue weighted by atomic mass is 9.84. The highest BCUT2D eigenvalue weighted by atomic mass is 14.6. The number of hydrogen-bond acceptors (Lipinski definition) is 1. The van der Waals surface area contributed by atoms with Gasteiger partial charge in [0.05, 0.1) is 0 Å². The molecule has 0 fully saturated rings. The highest BCUT2D eigenvalue weighted by molar-refractivity contribution is 6.21. The molecule has 43 heavy (non-hydrogen) atoms. The number of hydrogen-bond donors (Lipinski definition) is 0. The second-order valence-corrected chi connectivity index (χ2v) is 11.5. The Labute approximate surface area is 252 Å². The van der Waals surface area contributed by atoms with Crippen molar-refractivity contribution in [3.8, 4) is 22.3 Å². The molecule has 8 rings (SSSR count). The first kappa shape index (κ1) is 25.4. The second kappa shape index (κ2) is 10.5. The Bertz CT molecular complexity index is 2180. The van der Waals surface area contributed by atoms with Crippen LogP contribution in [0, 0.1) is 6.92 Å². The van der Waals surface area contributed by atoms with E-state index in [0.717, 1.165) is 12.8 Å². The van der Waals surface area contributed by atoms with E-state index >= 15 is 0 Å². The van der Waals surface area contributed by atoms with Gasteiger partial charge in [-0.15, -0.1) is 0 Å². The number of fused-ring (bicyclic) bond motifs is 3. The zero-order valence-corrected chi connectivity index (χ0v) is 24.2. The van der Waals surface area contributed by atoms with Crippen LogP contribution in [0.4, 0.5) is 0 Å². The summed E-state index contributed by atoms with van der Waals surface area (Å²) in [5.41, 5.74) is 11.7. The molecule has 0 N–H and O–H groups in total. The lowest BCUT2D eigenvalue weighted by Crippen LogP contribution is -1.96. The van der Waals surface area contributed by atoms with Crippen molar-refractivity contribution in [1.82, 2.24) is 4.98 Å². The minimum absolute atomic E-state index is 1.05. The Morgan fingerprint density at radius 1 is 0.535 bits per heavy atom. The van der Waals surface area contributed by atoms with Gasteiger partial charge in [-0.1, -0.05) is 115 Å². The molecule has 0 aliphatic heterocycles. The fraction of sp³-hybridized carbons (Fsp3) is 0.0714. The molecule has 1 aliphatic rings. The summed E-state index contributed by atoms with van der Waals surface area (Å²) in [7, 11) is 0. The van der Waals surface area contributed by atoms with Crippen LogP contribution in [0.25, 0.3) is 65.7 Å². The molecule has 0 saturated heterocycles. The maximum atomic E-state index is 4.20. The molecule has 0 saturated carbocycles. The Hall–Kier alpha value is -5.27. The van der Waals surface area contributed by atoms with E-state index in [9.17, 15) is 0 Å². The first-order valence-corrected chi connectivity index (χ1v) is 15.1. The standard InChI is InChI=1S/C42H31N/c1-28-25-34(19-20-36(28)33-12-8-11-32(26-33)30-21-23-43-24-22-30)41-37-13-4-6-15-39(37)42(40-16-7-5-14-38(40)41)35-18-17-29-9-2-3-10-31(29)27-35/h2-7,9-11,13-27H,8,12H2,1H3. The minimum Gasteiger partial charge on any atom is -0.265 e. The topological polar surface area (TPSA) is 12.9 Å². The molecule has 0 unspecified atom stereocenters. The number of benzene rings is 6. The molecule has 1 aromatic heterocycles. The molecule has 204 valence electrons. The van der Waals surface area contributed by atoms with Crippen LogP contribution in [-0.4, -0.2) is 4.98 Å². The van der Waals surface area contributed by atoms with Gasteiger partial charge in [-0.05, 0) is 120 Å². The van der Waals surface area contributed by atoms with Crippen molar-refractivity contribution >= 4 is 43.5 Å². The van der Waals surface area contributed by atoms with Gasteiger partial charge in [-0.3, -0.25) is 4.98 Å². The smallest absolute Gasteiger partial charge is 0.0273 e. The molecule has 0 amide bonds. The van der Waals surface area contributed by atoms with Crippen molar-refractivity contribution in [2.75, 3.05) is 0 Å².